The Bertz CT molecular complexity index is 1150. The molecule has 3 aromatic rings. The summed E-state index contributed by atoms with van der Waals surface area (Å²) in [6.07, 6.45) is 0.815. The molecule has 3 aromatic carbocycles. The Kier molecular flexibility index (Phi) is 9.85. The number of nitrogens with zero attached hydrogens (tertiary/aromatic N) is 1. The number of methoxy groups -OCH3 is 2. The van der Waals surface area contributed by atoms with Crippen molar-refractivity contribution in [1.29, 1.82) is 0 Å². The van der Waals surface area contributed by atoms with Crippen LogP contribution >= 0.6 is 0 Å². The molecule has 0 spiro atoms. The number of aliphatic hydroxyl groups excluding tert-OH is 1. The van der Waals surface area contributed by atoms with Crippen LogP contribution in [0.5, 0.6) is 17.2 Å². The van der Waals surface area contributed by atoms with E-state index in [-0.39, 0.29) is 19.0 Å². The zero-order valence-corrected chi connectivity index (χ0v) is 20.5. The highest BCUT2D eigenvalue weighted by atomic mass is 19.1. The smallest absolute Gasteiger partial charge is 0.338 e. The lowest BCUT2D eigenvalue weighted by atomic mass is 10.0. The van der Waals surface area contributed by atoms with Crippen molar-refractivity contribution in [3.63, 3.8) is 0 Å². The van der Waals surface area contributed by atoms with E-state index < -0.39 is 12.1 Å². The molecule has 8 heteroatoms. The predicted molar refractivity (Wildman–Crippen MR) is 135 cm³/mol. The predicted octanol–water partition coefficient (Wildman–Crippen LogP) is 4.60. The topological polar surface area (TPSA) is 77.5 Å². The average molecular weight is 496 g/mol. The van der Waals surface area contributed by atoms with Gasteiger partial charge in [0.15, 0.2) is 11.5 Å². The fraction of sp³-hybridized carbons (Fsp3) is 0.250. The third-order valence-electron chi connectivity index (χ3n) is 5.26. The number of carbonyl (C=O) groups is 1. The second kappa shape index (κ2) is 13.3. The number of esters is 1. The molecule has 1 N–H and O–H groups in total. The molecule has 0 saturated carbocycles. The summed E-state index contributed by atoms with van der Waals surface area (Å²) in [4.78, 5) is 18.2. The molecule has 3 rings (SSSR count). The standard InChI is InChI=1S/C28H30FNO6/c1-4-30(36-27-8-6-5-7-26(27)33-2)18-23(31)19-35-24-15-11-21(12-16-24)25(28(32)34-3)17-20-9-13-22(29)14-10-20/h5-17,23,31H,4,18-19H2,1-3H3/b25-17-. The van der Waals surface area contributed by atoms with Gasteiger partial charge < -0.3 is 24.2 Å². The maximum Gasteiger partial charge on any atom is 0.338 e. The van der Waals surface area contributed by atoms with Crippen LogP contribution in [0.2, 0.25) is 0 Å². The summed E-state index contributed by atoms with van der Waals surface area (Å²) in [6.45, 7) is 2.72. The lowest BCUT2D eigenvalue weighted by molar-refractivity contribution is -0.133. The fourth-order valence-corrected chi connectivity index (χ4v) is 3.37. The van der Waals surface area contributed by atoms with Crippen LogP contribution in [0, 0.1) is 5.82 Å². The molecule has 0 aliphatic carbocycles. The van der Waals surface area contributed by atoms with Gasteiger partial charge in [0.2, 0.25) is 0 Å². The first-order chi connectivity index (χ1) is 17.4. The van der Waals surface area contributed by atoms with Crippen LogP contribution in [0.15, 0.2) is 72.8 Å². The first-order valence-electron chi connectivity index (χ1n) is 11.5. The van der Waals surface area contributed by atoms with Gasteiger partial charge in [0.05, 0.1) is 26.3 Å². The number of hydrogen-bond donors (Lipinski definition) is 1. The Hall–Kier alpha value is -3.88. The molecule has 1 unspecified atom stereocenters. The van der Waals surface area contributed by atoms with Crippen LogP contribution in [0.25, 0.3) is 11.6 Å². The van der Waals surface area contributed by atoms with Gasteiger partial charge in [-0.3, -0.25) is 0 Å². The average Bonchev–Trinajstić information content (AvgIpc) is 2.91. The van der Waals surface area contributed by atoms with E-state index in [4.69, 9.17) is 19.0 Å². The quantitative estimate of drug-likeness (QED) is 0.170. The van der Waals surface area contributed by atoms with Gasteiger partial charge in [-0.2, -0.15) is 0 Å². The molecule has 36 heavy (non-hydrogen) atoms. The number of rotatable bonds is 12. The summed E-state index contributed by atoms with van der Waals surface area (Å²) in [6, 6.07) is 19.9. The second-order valence-corrected chi connectivity index (χ2v) is 7.81. The number of likely N-dealkylation sites (N-methyl/N-ethyl adjacent to an activating group) is 1. The molecule has 0 fully saturated rings. The summed E-state index contributed by atoms with van der Waals surface area (Å²) >= 11 is 0. The summed E-state index contributed by atoms with van der Waals surface area (Å²) in [7, 11) is 2.87. The Balaban J connectivity index is 1.61. The highest BCUT2D eigenvalue weighted by Gasteiger charge is 2.16. The number of carbonyl (C=O) groups excluding carboxylic acids is 1. The Morgan fingerprint density at radius 3 is 2.28 bits per heavy atom. The molecular formula is C28H30FNO6. The maximum absolute atomic E-state index is 13.2. The maximum atomic E-state index is 13.2. The minimum atomic E-state index is -0.816. The SMILES string of the molecule is CCN(CC(O)COc1ccc(/C(=C/c2ccc(F)cc2)C(=O)OC)cc1)Oc1ccccc1OC. The Labute approximate surface area is 210 Å². The number of benzene rings is 3. The van der Waals surface area contributed by atoms with E-state index in [0.717, 1.165) is 0 Å². The van der Waals surface area contributed by atoms with Crippen molar-refractivity contribution < 1.29 is 33.3 Å². The Morgan fingerprint density at radius 2 is 1.67 bits per heavy atom. The fourth-order valence-electron chi connectivity index (χ4n) is 3.37. The number of halogens is 1. The van der Waals surface area contributed by atoms with Crippen LogP contribution in [0.4, 0.5) is 4.39 Å². The summed E-state index contributed by atoms with van der Waals surface area (Å²) in [5.41, 5.74) is 1.60. The number of hydrogen-bond acceptors (Lipinski definition) is 7. The van der Waals surface area contributed by atoms with E-state index in [9.17, 15) is 14.3 Å². The minimum Gasteiger partial charge on any atom is -0.493 e. The van der Waals surface area contributed by atoms with E-state index in [2.05, 4.69) is 0 Å². The second-order valence-electron chi connectivity index (χ2n) is 7.81. The van der Waals surface area contributed by atoms with E-state index in [1.165, 1.54) is 19.2 Å². The highest BCUT2D eigenvalue weighted by molar-refractivity contribution is 6.21. The number of para-hydroxylation sites is 2. The van der Waals surface area contributed by atoms with Crippen LogP contribution in [-0.2, 0) is 9.53 Å². The molecule has 1 atom stereocenters. The Morgan fingerprint density at radius 1 is 1.00 bits per heavy atom. The van der Waals surface area contributed by atoms with Crippen LogP contribution in [0.1, 0.15) is 18.1 Å². The van der Waals surface area contributed by atoms with Crippen molar-refractivity contribution in [3.8, 4) is 17.2 Å². The molecule has 0 saturated heterocycles. The molecule has 0 amide bonds. The summed E-state index contributed by atoms with van der Waals surface area (Å²) in [5, 5.41) is 12.1. The van der Waals surface area contributed by atoms with Gasteiger partial charge in [0.25, 0.3) is 0 Å². The first kappa shape index (κ1) is 26.7. The van der Waals surface area contributed by atoms with Crippen molar-refractivity contribution in [2.45, 2.75) is 13.0 Å². The molecule has 0 aromatic heterocycles. The van der Waals surface area contributed by atoms with Crippen molar-refractivity contribution >= 4 is 17.6 Å². The molecule has 190 valence electrons. The molecule has 0 heterocycles. The lowest BCUT2D eigenvalue weighted by Crippen LogP contribution is -2.37. The monoisotopic (exact) mass is 495 g/mol. The molecular weight excluding hydrogens is 465 g/mol. The third-order valence-corrected chi connectivity index (χ3v) is 5.26. The van der Waals surface area contributed by atoms with Gasteiger partial charge in [-0.1, -0.05) is 36.4 Å². The minimum absolute atomic E-state index is 0.0421. The van der Waals surface area contributed by atoms with Gasteiger partial charge >= 0.3 is 5.97 Å². The largest absolute Gasteiger partial charge is 0.493 e. The lowest BCUT2D eigenvalue weighted by Gasteiger charge is -2.24. The molecule has 7 nitrogen and oxygen atoms in total. The number of hydroxylamine groups is 2. The normalized spacial score (nSPS) is 12.2. The van der Waals surface area contributed by atoms with Crippen molar-refractivity contribution in [3.05, 3.63) is 89.7 Å². The molecule has 0 radical (unpaired) electrons. The first-order valence-corrected chi connectivity index (χ1v) is 11.5. The van der Waals surface area contributed by atoms with Gasteiger partial charge in [0, 0.05) is 6.54 Å². The molecule has 0 bridgehead atoms. The molecule has 0 aliphatic heterocycles. The van der Waals surface area contributed by atoms with Crippen molar-refractivity contribution in [2.75, 3.05) is 33.9 Å². The van der Waals surface area contributed by atoms with Gasteiger partial charge in [-0.25, -0.2) is 9.18 Å². The van der Waals surface area contributed by atoms with Crippen molar-refractivity contribution in [2.24, 2.45) is 0 Å². The highest BCUT2D eigenvalue weighted by Crippen LogP contribution is 2.27. The van der Waals surface area contributed by atoms with Crippen LogP contribution in [-0.4, -0.2) is 56.2 Å². The molecule has 0 aliphatic rings. The van der Waals surface area contributed by atoms with Crippen LogP contribution in [0.3, 0.4) is 0 Å². The summed E-state index contributed by atoms with van der Waals surface area (Å²) < 4.78 is 29.1. The summed E-state index contributed by atoms with van der Waals surface area (Å²) in [5.74, 6) is 0.807. The van der Waals surface area contributed by atoms with E-state index in [0.29, 0.717) is 40.5 Å². The zero-order valence-electron chi connectivity index (χ0n) is 20.5. The van der Waals surface area contributed by atoms with Gasteiger partial charge in [-0.05, 0) is 60.5 Å². The van der Waals surface area contributed by atoms with E-state index >= 15 is 0 Å². The van der Waals surface area contributed by atoms with E-state index in [1.54, 1.807) is 66.8 Å². The van der Waals surface area contributed by atoms with Gasteiger partial charge in [0.1, 0.15) is 24.3 Å². The van der Waals surface area contributed by atoms with Crippen LogP contribution < -0.4 is 14.3 Å². The number of aliphatic hydroxyl groups is 1. The van der Waals surface area contributed by atoms with E-state index in [1.807, 2.05) is 19.1 Å². The van der Waals surface area contributed by atoms with Crippen molar-refractivity contribution in [1.82, 2.24) is 5.06 Å². The number of ether oxygens (including phenoxy) is 3. The third kappa shape index (κ3) is 7.56. The van der Waals surface area contributed by atoms with Gasteiger partial charge in [-0.15, -0.1) is 5.06 Å². The zero-order chi connectivity index (χ0) is 25.9.